The number of aryl methyl sites for hydroxylation is 2. The molecule has 2 amide bonds. The molecule has 3 atom stereocenters. The van der Waals surface area contributed by atoms with Crippen LogP contribution in [0.5, 0.6) is 5.75 Å². The number of nitrogens with one attached hydrogen (secondary N) is 3. The van der Waals surface area contributed by atoms with E-state index < -0.39 is 35.6 Å². The number of carbonyl (C=O) groups excluding carboxylic acids is 2. The molecule has 4 fully saturated rings. The number of amides is 2. The number of piperidine rings is 3. The van der Waals surface area contributed by atoms with Crippen LogP contribution in [-0.2, 0) is 23.7 Å². The summed E-state index contributed by atoms with van der Waals surface area (Å²) in [5.41, 5.74) is 2.77. The summed E-state index contributed by atoms with van der Waals surface area (Å²) < 4.78 is 39.1. The summed E-state index contributed by atoms with van der Waals surface area (Å²) >= 11 is 6.64. The van der Waals surface area contributed by atoms with Crippen LogP contribution in [0.15, 0.2) is 47.4 Å². The lowest BCUT2D eigenvalue weighted by Crippen LogP contribution is -2.51. The zero-order valence-electron chi connectivity index (χ0n) is 35.5. The van der Waals surface area contributed by atoms with Gasteiger partial charge in [0.05, 0.1) is 46.2 Å². The SMILES string of the molecule is Cn1nc(C2CCC(=O)NC2=O)c2ccc(N3CCC([C@@](C)(O)C4CCN(c5ncc(Cl)c(Nc6ccc7c(c6)c6c(c(=O)n7C)OCC(F)(F)[C@H](C7CC7)N6)n5)CC4)CC3)cc21. The van der Waals surface area contributed by atoms with Crippen molar-refractivity contribution in [1.82, 2.24) is 29.6 Å². The van der Waals surface area contributed by atoms with Gasteiger partial charge in [0.15, 0.2) is 12.4 Å². The number of nitrogens with zero attached hydrogens (tertiary/aromatic N) is 7. The number of carbonyl (C=O) groups is 2. The predicted molar refractivity (Wildman–Crippen MR) is 236 cm³/mol. The number of halogens is 3. The summed E-state index contributed by atoms with van der Waals surface area (Å²) in [6, 6.07) is 10.4. The first-order valence-electron chi connectivity index (χ1n) is 21.9. The van der Waals surface area contributed by atoms with Crippen molar-refractivity contribution in [3.05, 3.63) is 63.7 Å². The van der Waals surface area contributed by atoms with Crippen molar-refractivity contribution in [1.29, 1.82) is 0 Å². The first-order chi connectivity index (χ1) is 30.2. The van der Waals surface area contributed by atoms with Crippen molar-refractivity contribution >= 4 is 74.0 Å². The maximum Gasteiger partial charge on any atom is 0.301 e. The minimum absolute atomic E-state index is 0.0902. The fourth-order valence-corrected chi connectivity index (χ4v) is 10.6. The van der Waals surface area contributed by atoms with E-state index in [4.69, 9.17) is 26.4 Å². The Labute approximate surface area is 367 Å². The lowest BCUT2D eigenvalue weighted by atomic mass is 9.70. The molecule has 1 aliphatic carbocycles. The van der Waals surface area contributed by atoms with Gasteiger partial charge in [0, 0.05) is 68.8 Å². The maximum atomic E-state index is 15.2. The minimum Gasteiger partial charge on any atom is -0.480 e. The number of anilines is 5. The third-order valence-corrected chi connectivity index (χ3v) is 14.6. The molecule has 3 saturated heterocycles. The standard InChI is InChI=1S/C45H51ClF2N10O5/c1-44(62,25-12-16-57(17-13-25)28-7-8-29-34(21-28)56(3)54-36(29)30-9-11-35(59)51-41(30)60)26-14-18-58(19-15-26)43-49-22-32(46)40(53-43)50-27-6-10-33-31(20-27)37-38(42(61)55(33)2)63-23-45(47,48)39(52-37)24-4-5-24/h6-8,10,20-22,24-26,30,39,52,62H,4-5,9,11-19,23H2,1-3H3,(H,49,50,53)(H,51,59,60)/t30?,39-,44+/m0/s1. The molecule has 15 nitrogen and oxygen atoms in total. The van der Waals surface area contributed by atoms with Gasteiger partial charge in [-0.25, -0.2) is 13.8 Å². The molecule has 1 saturated carbocycles. The lowest BCUT2D eigenvalue weighted by molar-refractivity contribution is -0.134. The number of pyridine rings is 1. The van der Waals surface area contributed by atoms with Crippen LogP contribution in [0.2, 0.25) is 5.02 Å². The van der Waals surface area contributed by atoms with Gasteiger partial charge in [0.1, 0.15) is 5.02 Å². The normalized spacial score (nSPS) is 23.2. The molecule has 332 valence electrons. The quantitative estimate of drug-likeness (QED) is 0.130. The smallest absolute Gasteiger partial charge is 0.301 e. The van der Waals surface area contributed by atoms with E-state index in [1.54, 1.807) is 31.4 Å². The summed E-state index contributed by atoms with van der Waals surface area (Å²) in [5, 5.41) is 27.3. The van der Waals surface area contributed by atoms with Crippen molar-refractivity contribution in [2.24, 2.45) is 31.8 Å². The van der Waals surface area contributed by atoms with E-state index in [1.165, 1.54) is 4.57 Å². The van der Waals surface area contributed by atoms with Gasteiger partial charge < -0.3 is 34.8 Å². The van der Waals surface area contributed by atoms with E-state index in [0.29, 0.717) is 77.8 Å². The molecule has 63 heavy (non-hydrogen) atoms. The Morgan fingerprint density at radius 3 is 2.33 bits per heavy atom. The summed E-state index contributed by atoms with van der Waals surface area (Å²) in [6.45, 7) is 4.03. The zero-order valence-corrected chi connectivity index (χ0v) is 36.2. The Morgan fingerprint density at radius 2 is 1.63 bits per heavy atom. The Balaban J connectivity index is 0.789. The Kier molecular flexibility index (Phi) is 10.3. The van der Waals surface area contributed by atoms with Crippen molar-refractivity contribution in [2.75, 3.05) is 53.2 Å². The number of aliphatic hydroxyl groups is 1. The Morgan fingerprint density at radius 1 is 0.921 bits per heavy atom. The number of alkyl halides is 2. The highest BCUT2D eigenvalue weighted by molar-refractivity contribution is 6.33. The van der Waals surface area contributed by atoms with E-state index in [-0.39, 0.29) is 41.0 Å². The average Bonchev–Trinajstić information content (AvgIpc) is 4.08. The molecule has 7 heterocycles. The molecular formula is C45H51ClF2N10O5. The summed E-state index contributed by atoms with van der Waals surface area (Å²) in [5.74, 6) is -3.35. The fraction of sp³-hybridized carbons (Fsp3) is 0.511. The van der Waals surface area contributed by atoms with Crippen LogP contribution in [0.25, 0.3) is 21.8 Å². The number of benzene rings is 2. The molecule has 2 aromatic carbocycles. The van der Waals surface area contributed by atoms with Crippen LogP contribution in [0, 0.1) is 17.8 Å². The summed E-state index contributed by atoms with van der Waals surface area (Å²) in [6.07, 6.45) is 6.90. The second kappa shape index (κ2) is 15.6. The van der Waals surface area contributed by atoms with Gasteiger partial charge in [-0.3, -0.25) is 24.4 Å². The van der Waals surface area contributed by atoms with E-state index in [9.17, 15) is 19.5 Å². The highest BCUT2D eigenvalue weighted by Gasteiger charge is 2.51. The third-order valence-electron chi connectivity index (χ3n) is 14.3. The summed E-state index contributed by atoms with van der Waals surface area (Å²) in [7, 11) is 3.47. The molecule has 5 aliphatic rings. The van der Waals surface area contributed by atoms with Gasteiger partial charge in [-0.2, -0.15) is 10.1 Å². The number of hydrogen-bond acceptors (Lipinski definition) is 12. The van der Waals surface area contributed by atoms with Crippen LogP contribution in [0.3, 0.4) is 0 Å². The molecule has 18 heteroatoms. The third kappa shape index (κ3) is 7.49. The van der Waals surface area contributed by atoms with Crippen LogP contribution >= 0.6 is 11.6 Å². The van der Waals surface area contributed by atoms with Crippen LogP contribution < -0.4 is 36.0 Å². The molecule has 5 aromatic rings. The minimum atomic E-state index is -3.14. The molecule has 3 aromatic heterocycles. The molecule has 4 aliphatic heterocycles. The van der Waals surface area contributed by atoms with Crippen LogP contribution in [0.1, 0.15) is 69.9 Å². The predicted octanol–water partition coefficient (Wildman–Crippen LogP) is 6.23. The van der Waals surface area contributed by atoms with Gasteiger partial charge in [-0.1, -0.05) is 11.6 Å². The first kappa shape index (κ1) is 41.5. The van der Waals surface area contributed by atoms with Gasteiger partial charge in [-0.05, 0) is 106 Å². The summed E-state index contributed by atoms with van der Waals surface area (Å²) in [4.78, 5) is 51.5. The van der Waals surface area contributed by atoms with E-state index in [1.807, 2.05) is 24.7 Å². The Bertz CT molecular complexity index is 2700. The first-order valence-corrected chi connectivity index (χ1v) is 22.3. The largest absolute Gasteiger partial charge is 0.480 e. The van der Waals surface area contributed by atoms with Crippen molar-refractivity contribution in [3.8, 4) is 5.75 Å². The monoisotopic (exact) mass is 884 g/mol. The van der Waals surface area contributed by atoms with Crippen LogP contribution in [-0.4, -0.2) is 91.6 Å². The second-order valence-electron chi connectivity index (χ2n) is 18.3. The van der Waals surface area contributed by atoms with Crippen molar-refractivity contribution in [2.45, 2.75) is 81.8 Å². The lowest BCUT2D eigenvalue weighted by Gasteiger charge is -2.46. The van der Waals surface area contributed by atoms with Crippen molar-refractivity contribution in [3.63, 3.8) is 0 Å². The highest BCUT2D eigenvalue weighted by atomic mass is 35.5. The van der Waals surface area contributed by atoms with Gasteiger partial charge in [-0.15, -0.1) is 0 Å². The molecule has 1 unspecified atom stereocenters. The van der Waals surface area contributed by atoms with E-state index in [0.717, 1.165) is 55.4 Å². The average molecular weight is 885 g/mol. The Hall–Kier alpha value is -5.55. The molecule has 0 radical (unpaired) electrons. The molecular weight excluding hydrogens is 834 g/mol. The second-order valence-corrected chi connectivity index (χ2v) is 18.7. The number of rotatable bonds is 8. The molecule has 0 spiro atoms. The van der Waals surface area contributed by atoms with Crippen molar-refractivity contribution < 1.29 is 28.2 Å². The van der Waals surface area contributed by atoms with Gasteiger partial charge in [0.2, 0.25) is 23.5 Å². The van der Waals surface area contributed by atoms with Gasteiger partial charge >= 0.3 is 5.92 Å². The molecule has 0 bridgehead atoms. The number of imide groups is 1. The molecule has 4 N–H and O–H groups in total. The number of fused-ring (bicyclic) bond motifs is 4. The van der Waals surface area contributed by atoms with Gasteiger partial charge in [0.25, 0.3) is 5.56 Å². The number of aromatic nitrogens is 5. The van der Waals surface area contributed by atoms with Crippen LogP contribution in [0.4, 0.5) is 37.6 Å². The topological polar surface area (TPSA) is 172 Å². The maximum absolute atomic E-state index is 15.2. The number of hydrogen-bond donors (Lipinski definition) is 4. The fourth-order valence-electron chi connectivity index (χ4n) is 10.4. The number of ether oxygens (including phenoxy) is 1. The van der Waals surface area contributed by atoms with E-state index >= 15 is 8.78 Å². The van der Waals surface area contributed by atoms with E-state index in [2.05, 4.69) is 42.9 Å². The molecule has 10 rings (SSSR count). The zero-order chi connectivity index (χ0) is 43.9. The highest BCUT2D eigenvalue weighted by Crippen LogP contribution is 2.46.